The monoisotopic (exact) mass is 387 g/mol. The third-order valence-corrected chi connectivity index (χ3v) is 5.29. The Labute approximate surface area is 161 Å². The quantitative estimate of drug-likeness (QED) is 0.712. The number of hydrogen-bond acceptors (Lipinski definition) is 3. The van der Waals surface area contributed by atoms with E-state index in [-0.39, 0.29) is 5.82 Å². The molecule has 27 heavy (non-hydrogen) atoms. The second kappa shape index (κ2) is 7.21. The second-order valence-electron chi connectivity index (χ2n) is 6.68. The number of rotatable bonds is 4. The normalized spacial score (nSPS) is 16.6. The zero-order valence-corrected chi connectivity index (χ0v) is 15.3. The Morgan fingerprint density at radius 2 is 1.93 bits per heavy atom. The van der Waals surface area contributed by atoms with E-state index in [4.69, 9.17) is 11.6 Å². The number of aliphatic carboxylic acids is 1. The Bertz CT molecular complexity index is 982. The van der Waals surface area contributed by atoms with Gasteiger partial charge < -0.3 is 15.0 Å². The number of aromatic nitrogens is 1. The molecule has 0 aliphatic carbocycles. The Morgan fingerprint density at radius 1 is 1.15 bits per heavy atom. The first-order valence-corrected chi connectivity index (χ1v) is 9.14. The fraction of sp³-hybridized carbons (Fsp3) is 0.250. The molecule has 0 saturated carbocycles. The molecule has 1 unspecified atom stereocenters. The Morgan fingerprint density at radius 3 is 2.63 bits per heavy atom. The fourth-order valence-electron chi connectivity index (χ4n) is 3.74. The van der Waals surface area contributed by atoms with E-state index in [9.17, 15) is 14.3 Å². The second-order valence-corrected chi connectivity index (χ2v) is 7.11. The Hall–Kier alpha value is -2.57. The van der Waals surface area contributed by atoms with Crippen LogP contribution in [0.3, 0.4) is 0 Å². The Kier molecular flexibility index (Phi) is 4.76. The maximum absolute atomic E-state index is 13.4. The predicted octanol–water partition coefficient (Wildman–Crippen LogP) is 3.91. The SMILES string of the molecule is O=C(O)C(c1c[nH]c2cc(F)ccc12)N1CCN(c2cccc(Cl)c2)CC1. The van der Waals surface area contributed by atoms with Gasteiger partial charge >= 0.3 is 5.97 Å². The summed E-state index contributed by atoms with van der Waals surface area (Å²) in [4.78, 5) is 19.2. The van der Waals surface area contributed by atoms with Crippen LogP contribution in [0.1, 0.15) is 11.6 Å². The topological polar surface area (TPSA) is 59.6 Å². The Balaban J connectivity index is 1.56. The predicted molar refractivity (Wildman–Crippen MR) is 104 cm³/mol. The molecule has 0 radical (unpaired) electrons. The number of fused-ring (bicyclic) bond motifs is 1. The van der Waals surface area contributed by atoms with Crippen molar-refractivity contribution in [3.63, 3.8) is 0 Å². The van der Waals surface area contributed by atoms with E-state index in [1.807, 2.05) is 29.2 Å². The van der Waals surface area contributed by atoms with E-state index < -0.39 is 12.0 Å². The van der Waals surface area contributed by atoms with Crippen molar-refractivity contribution < 1.29 is 14.3 Å². The van der Waals surface area contributed by atoms with Crippen LogP contribution in [-0.4, -0.2) is 47.1 Å². The van der Waals surface area contributed by atoms with Gasteiger partial charge in [0.15, 0.2) is 0 Å². The highest BCUT2D eigenvalue weighted by molar-refractivity contribution is 6.30. The summed E-state index contributed by atoms with van der Waals surface area (Å²) < 4.78 is 13.4. The van der Waals surface area contributed by atoms with Gasteiger partial charge in [-0.2, -0.15) is 0 Å². The number of carboxylic acids is 1. The van der Waals surface area contributed by atoms with Crippen molar-refractivity contribution >= 4 is 34.2 Å². The third kappa shape index (κ3) is 3.50. The van der Waals surface area contributed by atoms with Crippen LogP contribution in [0.15, 0.2) is 48.7 Å². The molecule has 0 amide bonds. The summed E-state index contributed by atoms with van der Waals surface area (Å²) in [6.45, 7) is 2.64. The number of piperazine rings is 1. The van der Waals surface area contributed by atoms with Crippen molar-refractivity contribution in [1.82, 2.24) is 9.88 Å². The van der Waals surface area contributed by atoms with Crippen molar-refractivity contribution in [3.8, 4) is 0 Å². The van der Waals surface area contributed by atoms with Crippen LogP contribution in [0.5, 0.6) is 0 Å². The van der Waals surface area contributed by atoms with E-state index in [1.165, 1.54) is 12.1 Å². The molecule has 2 N–H and O–H groups in total. The van der Waals surface area contributed by atoms with Crippen molar-refractivity contribution in [2.24, 2.45) is 0 Å². The number of anilines is 1. The van der Waals surface area contributed by atoms with Crippen LogP contribution in [0.2, 0.25) is 5.02 Å². The molecular weight excluding hydrogens is 369 g/mol. The molecule has 4 rings (SSSR count). The zero-order valence-electron chi connectivity index (χ0n) is 14.5. The minimum absolute atomic E-state index is 0.349. The maximum atomic E-state index is 13.4. The van der Waals surface area contributed by atoms with Crippen LogP contribution >= 0.6 is 11.6 Å². The highest BCUT2D eigenvalue weighted by atomic mass is 35.5. The lowest BCUT2D eigenvalue weighted by atomic mass is 10.0. The first-order valence-electron chi connectivity index (χ1n) is 8.77. The van der Waals surface area contributed by atoms with Gasteiger partial charge in [0.25, 0.3) is 0 Å². The van der Waals surface area contributed by atoms with Gasteiger partial charge in [-0.1, -0.05) is 17.7 Å². The molecule has 0 bridgehead atoms. The number of carboxylic acid groups (broad SMARTS) is 1. The molecule has 7 heteroatoms. The molecule has 1 saturated heterocycles. The molecule has 1 aliphatic heterocycles. The highest BCUT2D eigenvalue weighted by Crippen LogP contribution is 2.31. The van der Waals surface area contributed by atoms with Crippen molar-refractivity contribution in [2.75, 3.05) is 31.1 Å². The zero-order chi connectivity index (χ0) is 19.0. The van der Waals surface area contributed by atoms with E-state index in [2.05, 4.69) is 9.88 Å². The summed E-state index contributed by atoms with van der Waals surface area (Å²) in [7, 11) is 0. The van der Waals surface area contributed by atoms with Gasteiger partial charge in [-0.3, -0.25) is 9.69 Å². The van der Waals surface area contributed by atoms with Crippen molar-refractivity contribution in [2.45, 2.75) is 6.04 Å². The number of benzene rings is 2. The lowest BCUT2D eigenvalue weighted by molar-refractivity contribution is -0.143. The van der Waals surface area contributed by atoms with E-state index in [0.717, 1.165) is 11.1 Å². The average molecular weight is 388 g/mol. The molecule has 2 aromatic carbocycles. The minimum atomic E-state index is -0.906. The summed E-state index contributed by atoms with van der Waals surface area (Å²) in [6, 6.07) is 11.3. The molecule has 1 aliphatic rings. The van der Waals surface area contributed by atoms with Crippen LogP contribution in [0.4, 0.5) is 10.1 Å². The molecule has 2 heterocycles. The lowest BCUT2D eigenvalue weighted by Gasteiger charge is -2.38. The molecule has 0 spiro atoms. The van der Waals surface area contributed by atoms with Crippen molar-refractivity contribution in [3.05, 3.63) is 65.1 Å². The number of H-pyrrole nitrogens is 1. The van der Waals surface area contributed by atoms with Gasteiger partial charge in [-0.15, -0.1) is 0 Å². The number of aromatic amines is 1. The van der Waals surface area contributed by atoms with E-state index in [0.29, 0.717) is 42.3 Å². The summed E-state index contributed by atoms with van der Waals surface area (Å²) >= 11 is 6.07. The molecule has 3 aromatic rings. The fourth-order valence-corrected chi connectivity index (χ4v) is 3.93. The molecule has 1 fully saturated rings. The smallest absolute Gasteiger partial charge is 0.325 e. The molecule has 1 atom stereocenters. The lowest BCUT2D eigenvalue weighted by Crippen LogP contribution is -2.49. The van der Waals surface area contributed by atoms with Gasteiger partial charge in [0.1, 0.15) is 11.9 Å². The first-order chi connectivity index (χ1) is 13.0. The van der Waals surface area contributed by atoms with Crippen molar-refractivity contribution in [1.29, 1.82) is 0 Å². The van der Waals surface area contributed by atoms with Gasteiger partial charge in [-0.25, -0.2) is 4.39 Å². The standard InChI is InChI=1S/C20H19ClFN3O2/c21-13-2-1-3-15(10-13)24-6-8-25(9-7-24)19(20(26)27)17-12-23-18-11-14(22)4-5-16(17)18/h1-5,10-12,19,23H,6-9H2,(H,26,27). The number of carbonyl (C=O) groups is 1. The van der Waals surface area contributed by atoms with Crippen LogP contribution < -0.4 is 4.90 Å². The molecule has 5 nitrogen and oxygen atoms in total. The average Bonchev–Trinajstić information content (AvgIpc) is 3.05. The minimum Gasteiger partial charge on any atom is -0.480 e. The van der Waals surface area contributed by atoms with Gasteiger partial charge in [0.05, 0.1) is 0 Å². The van der Waals surface area contributed by atoms with E-state index >= 15 is 0 Å². The maximum Gasteiger partial charge on any atom is 0.325 e. The van der Waals surface area contributed by atoms with Crippen LogP contribution in [-0.2, 0) is 4.79 Å². The van der Waals surface area contributed by atoms with Gasteiger partial charge in [0, 0.05) is 59.6 Å². The largest absolute Gasteiger partial charge is 0.480 e. The number of nitrogens with zero attached hydrogens (tertiary/aromatic N) is 2. The number of hydrogen-bond donors (Lipinski definition) is 2. The molecule has 140 valence electrons. The van der Waals surface area contributed by atoms with Crippen LogP contribution in [0.25, 0.3) is 10.9 Å². The summed E-state index contributed by atoms with van der Waals surface area (Å²) in [5.41, 5.74) is 2.30. The molecule has 1 aromatic heterocycles. The van der Waals surface area contributed by atoms with Gasteiger partial charge in [-0.05, 0) is 36.4 Å². The summed E-state index contributed by atoms with van der Waals surface area (Å²) in [5, 5.41) is 11.3. The first kappa shape index (κ1) is 17.8. The number of halogens is 2. The van der Waals surface area contributed by atoms with Gasteiger partial charge in [0.2, 0.25) is 0 Å². The third-order valence-electron chi connectivity index (χ3n) is 5.06. The number of nitrogens with one attached hydrogen (secondary N) is 1. The highest BCUT2D eigenvalue weighted by Gasteiger charge is 2.32. The van der Waals surface area contributed by atoms with E-state index in [1.54, 1.807) is 12.3 Å². The molecular formula is C20H19ClFN3O2. The summed E-state index contributed by atoms with van der Waals surface area (Å²) in [5.74, 6) is -1.26. The van der Waals surface area contributed by atoms with Crippen LogP contribution in [0, 0.1) is 5.82 Å². The summed E-state index contributed by atoms with van der Waals surface area (Å²) in [6.07, 6.45) is 1.67.